The quantitative estimate of drug-likeness (QED) is 0.876. The minimum absolute atomic E-state index is 0. The van der Waals surface area contributed by atoms with Crippen LogP contribution in [-0.4, -0.2) is 15.3 Å². The predicted molar refractivity (Wildman–Crippen MR) is 80.0 cm³/mol. The number of pyridine rings is 1. The molecule has 2 aromatic heterocycles. The Labute approximate surface area is 126 Å². The van der Waals surface area contributed by atoms with Crippen molar-refractivity contribution in [3.8, 4) is 0 Å². The van der Waals surface area contributed by atoms with Crippen LogP contribution in [0.1, 0.15) is 5.69 Å². The smallest absolute Gasteiger partial charge is 0.255 e. The number of carbonyl (C=O) groups is 1. The van der Waals surface area contributed by atoms with Crippen molar-refractivity contribution in [2.75, 3.05) is 0 Å². The van der Waals surface area contributed by atoms with E-state index in [1.165, 1.54) is 11.8 Å². The van der Waals surface area contributed by atoms with Gasteiger partial charge in [-0.25, -0.2) is 4.98 Å². The summed E-state index contributed by atoms with van der Waals surface area (Å²) in [5.74, 6) is -0.399. The van der Waals surface area contributed by atoms with Gasteiger partial charge < -0.3 is 5.73 Å². The molecule has 0 atom stereocenters. The summed E-state index contributed by atoms with van der Waals surface area (Å²) in [5.41, 5.74) is 7.04. The second kappa shape index (κ2) is 6.33. The van der Waals surface area contributed by atoms with Crippen LogP contribution in [0.2, 0.25) is 0 Å². The molecule has 1 aliphatic heterocycles. The maximum Gasteiger partial charge on any atom is 0.255 e. The Bertz CT molecular complexity index is 611. The fourth-order valence-electron chi connectivity index (χ4n) is 1.61. The van der Waals surface area contributed by atoms with Gasteiger partial charge in [-0.3, -0.25) is 9.20 Å². The molecule has 0 fully saturated rings. The summed E-state index contributed by atoms with van der Waals surface area (Å²) >= 11 is 1.37. The molecule has 1 aliphatic rings. The average molecular weight is 327 g/mol. The van der Waals surface area contributed by atoms with Gasteiger partial charge in [0.15, 0.2) is 0 Å². The van der Waals surface area contributed by atoms with Crippen LogP contribution in [0.25, 0.3) is 11.7 Å². The van der Waals surface area contributed by atoms with Gasteiger partial charge in [-0.15, -0.1) is 37.2 Å². The van der Waals surface area contributed by atoms with Crippen molar-refractivity contribution in [2.45, 2.75) is 5.03 Å². The van der Waals surface area contributed by atoms with Crippen LogP contribution in [0, 0.1) is 0 Å². The summed E-state index contributed by atoms with van der Waals surface area (Å²) in [6, 6.07) is 5.79. The van der Waals surface area contributed by atoms with Crippen LogP contribution in [0.5, 0.6) is 0 Å². The SMILES string of the molecule is Cl.Cl.Cl.NC(=O)C1=Cc2cnc3cccc(n23)S1. The Kier molecular flexibility index (Phi) is 6.02. The molecular weight excluding hydrogens is 317 g/mol. The van der Waals surface area contributed by atoms with Crippen molar-refractivity contribution in [1.82, 2.24) is 9.38 Å². The van der Waals surface area contributed by atoms with E-state index in [1.807, 2.05) is 22.6 Å². The van der Waals surface area contributed by atoms with Gasteiger partial charge >= 0.3 is 0 Å². The minimum atomic E-state index is -0.399. The lowest BCUT2D eigenvalue weighted by Gasteiger charge is -2.12. The summed E-state index contributed by atoms with van der Waals surface area (Å²) in [6.45, 7) is 0. The van der Waals surface area contributed by atoms with E-state index in [1.54, 1.807) is 12.3 Å². The summed E-state index contributed by atoms with van der Waals surface area (Å²) in [7, 11) is 0. The molecule has 0 radical (unpaired) electrons. The number of amides is 1. The number of imidazole rings is 1. The summed E-state index contributed by atoms with van der Waals surface area (Å²) < 4.78 is 2.00. The van der Waals surface area contributed by atoms with E-state index in [9.17, 15) is 4.79 Å². The Balaban J connectivity index is 0.000000963. The number of hydrogen-bond acceptors (Lipinski definition) is 3. The van der Waals surface area contributed by atoms with Gasteiger partial charge in [0.25, 0.3) is 5.91 Å². The molecule has 0 spiro atoms. The molecule has 3 heterocycles. The average Bonchev–Trinajstić information content (AvgIpc) is 2.64. The molecule has 0 bridgehead atoms. The van der Waals surface area contributed by atoms with E-state index >= 15 is 0 Å². The van der Waals surface area contributed by atoms with Gasteiger partial charge in [-0.2, -0.15) is 0 Å². The molecule has 18 heavy (non-hydrogen) atoms. The molecule has 0 aromatic carbocycles. The van der Waals surface area contributed by atoms with Crippen molar-refractivity contribution < 1.29 is 4.79 Å². The first-order chi connectivity index (χ1) is 7.25. The predicted octanol–water partition coefficient (Wildman–Crippen LogP) is 2.53. The number of thioether (sulfide) groups is 1. The van der Waals surface area contributed by atoms with E-state index < -0.39 is 5.91 Å². The normalized spacial score (nSPS) is 11.7. The molecule has 0 saturated heterocycles. The van der Waals surface area contributed by atoms with Gasteiger partial charge in [0.1, 0.15) is 5.65 Å². The van der Waals surface area contributed by atoms with Crippen LogP contribution < -0.4 is 5.73 Å². The molecule has 4 nitrogen and oxygen atoms in total. The second-order valence-corrected chi connectivity index (χ2v) is 4.28. The molecule has 8 heteroatoms. The number of carbonyl (C=O) groups excluding carboxylic acids is 1. The topological polar surface area (TPSA) is 60.4 Å². The lowest BCUT2D eigenvalue weighted by Crippen LogP contribution is -2.14. The number of rotatable bonds is 1. The van der Waals surface area contributed by atoms with E-state index in [0.29, 0.717) is 4.91 Å². The van der Waals surface area contributed by atoms with Crippen LogP contribution in [-0.2, 0) is 4.79 Å². The first kappa shape index (κ1) is 17.1. The number of primary amides is 1. The molecule has 2 aromatic rings. The van der Waals surface area contributed by atoms with Gasteiger partial charge in [0.2, 0.25) is 0 Å². The minimum Gasteiger partial charge on any atom is -0.365 e. The highest BCUT2D eigenvalue weighted by Gasteiger charge is 2.17. The van der Waals surface area contributed by atoms with Crippen LogP contribution >= 0.6 is 49.0 Å². The van der Waals surface area contributed by atoms with E-state index in [4.69, 9.17) is 5.73 Å². The fourth-order valence-corrected chi connectivity index (χ4v) is 2.55. The third-order valence-corrected chi connectivity index (χ3v) is 3.32. The van der Waals surface area contributed by atoms with E-state index in [0.717, 1.165) is 16.4 Å². The van der Waals surface area contributed by atoms with Gasteiger partial charge in [0.05, 0.1) is 21.8 Å². The van der Waals surface area contributed by atoms with Crippen molar-refractivity contribution >= 4 is 66.6 Å². The van der Waals surface area contributed by atoms with Crippen molar-refractivity contribution in [3.63, 3.8) is 0 Å². The fraction of sp³-hybridized carbons (Fsp3) is 0. The Hall–Kier alpha value is -0.880. The third-order valence-electron chi connectivity index (χ3n) is 2.26. The summed E-state index contributed by atoms with van der Waals surface area (Å²) in [4.78, 5) is 15.9. The standard InChI is InChI=1S/C10H7N3OS.3ClH/c11-10(14)7-4-6-5-12-8-2-1-3-9(15-7)13(6)8;;;/h1-5H,(H2,11,14);3*1H. The van der Waals surface area contributed by atoms with E-state index in [2.05, 4.69) is 4.98 Å². The molecule has 0 saturated carbocycles. The summed E-state index contributed by atoms with van der Waals surface area (Å²) in [6.07, 6.45) is 3.50. The Morgan fingerprint density at radius 2 is 2.00 bits per heavy atom. The molecular formula is C10H10Cl3N3OS. The van der Waals surface area contributed by atoms with Crippen LogP contribution in [0.3, 0.4) is 0 Å². The maximum absolute atomic E-state index is 11.1. The second-order valence-electron chi connectivity index (χ2n) is 3.22. The first-order valence-electron chi connectivity index (χ1n) is 4.41. The largest absolute Gasteiger partial charge is 0.365 e. The highest BCUT2D eigenvalue weighted by atomic mass is 35.5. The molecule has 0 aliphatic carbocycles. The number of nitrogens with zero attached hydrogens (tertiary/aromatic N) is 2. The monoisotopic (exact) mass is 325 g/mol. The highest BCUT2D eigenvalue weighted by Crippen LogP contribution is 2.33. The Morgan fingerprint density at radius 1 is 1.28 bits per heavy atom. The molecule has 0 unspecified atom stereocenters. The van der Waals surface area contributed by atoms with Crippen LogP contribution in [0.15, 0.2) is 34.3 Å². The zero-order valence-corrected chi connectivity index (χ0v) is 12.2. The first-order valence-corrected chi connectivity index (χ1v) is 5.23. The maximum atomic E-state index is 11.1. The zero-order chi connectivity index (χ0) is 10.4. The van der Waals surface area contributed by atoms with Gasteiger partial charge in [-0.05, 0) is 18.2 Å². The van der Waals surface area contributed by atoms with Gasteiger partial charge in [-0.1, -0.05) is 17.8 Å². The van der Waals surface area contributed by atoms with Crippen molar-refractivity contribution in [2.24, 2.45) is 5.73 Å². The lowest BCUT2D eigenvalue weighted by atomic mass is 10.3. The Morgan fingerprint density at radius 3 is 2.67 bits per heavy atom. The number of aromatic nitrogens is 2. The molecule has 2 N–H and O–H groups in total. The molecule has 3 rings (SSSR count). The highest BCUT2D eigenvalue weighted by molar-refractivity contribution is 8.04. The zero-order valence-electron chi connectivity index (χ0n) is 8.90. The number of hydrogen-bond donors (Lipinski definition) is 1. The third kappa shape index (κ3) is 2.59. The lowest BCUT2D eigenvalue weighted by molar-refractivity contribution is -0.113. The summed E-state index contributed by atoms with van der Waals surface area (Å²) in [5, 5.41) is 0.969. The molecule has 98 valence electrons. The number of nitrogens with two attached hydrogens (primary N) is 1. The van der Waals surface area contributed by atoms with Crippen LogP contribution in [0.4, 0.5) is 0 Å². The van der Waals surface area contributed by atoms with Gasteiger partial charge in [0, 0.05) is 0 Å². The van der Waals surface area contributed by atoms with Crippen molar-refractivity contribution in [3.05, 3.63) is 35.0 Å². The number of halogens is 3. The molecule has 1 amide bonds. The van der Waals surface area contributed by atoms with E-state index in [-0.39, 0.29) is 37.2 Å². The van der Waals surface area contributed by atoms with Crippen molar-refractivity contribution in [1.29, 1.82) is 0 Å².